The van der Waals surface area contributed by atoms with Crippen molar-refractivity contribution in [3.63, 3.8) is 0 Å². The summed E-state index contributed by atoms with van der Waals surface area (Å²) in [5.74, 6) is 1.01. The third kappa shape index (κ3) is 1.47. The molecule has 1 aliphatic heterocycles. The lowest BCUT2D eigenvalue weighted by molar-refractivity contribution is 0.102. The molecule has 3 rings (SSSR count). The van der Waals surface area contributed by atoms with E-state index in [9.17, 15) is 4.79 Å². The largest absolute Gasteiger partial charge is 0.345 e. The number of thiazole rings is 1. The van der Waals surface area contributed by atoms with E-state index in [1.54, 1.807) is 18.3 Å². The SMILES string of the molecule is CC(=O)c1sc(N2CC3CCC2C3)nc1C. The maximum atomic E-state index is 11.4. The molecular formula is C12H16N2OS. The van der Waals surface area contributed by atoms with E-state index in [2.05, 4.69) is 9.88 Å². The highest BCUT2D eigenvalue weighted by molar-refractivity contribution is 7.17. The lowest BCUT2D eigenvalue weighted by Crippen LogP contribution is -2.31. The van der Waals surface area contributed by atoms with Crippen LogP contribution in [0.3, 0.4) is 0 Å². The van der Waals surface area contributed by atoms with E-state index < -0.39 is 0 Å². The van der Waals surface area contributed by atoms with Crippen LogP contribution in [-0.4, -0.2) is 23.4 Å². The summed E-state index contributed by atoms with van der Waals surface area (Å²) in [6, 6.07) is 0.690. The topological polar surface area (TPSA) is 33.2 Å². The summed E-state index contributed by atoms with van der Waals surface area (Å²) in [6.45, 7) is 4.71. The van der Waals surface area contributed by atoms with E-state index in [0.717, 1.165) is 28.2 Å². The Morgan fingerprint density at radius 1 is 1.50 bits per heavy atom. The highest BCUT2D eigenvalue weighted by Crippen LogP contribution is 2.41. The first-order valence-electron chi connectivity index (χ1n) is 5.90. The summed E-state index contributed by atoms with van der Waals surface area (Å²) in [4.78, 5) is 19.2. The highest BCUT2D eigenvalue weighted by atomic mass is 32.1. The molecular weight excluding hydrogens is 220 g/mol. The quantitative estimate of drug-likeness (QED) is 0.740. The van der Waals surface area contributed by atoms with Crippen LogP contribution in [0, 0.1) is 12.8 Å². The number of aromatic nitrogens is 1. The monoisotopic (exact) mass is 236 g/mol. The zero-order valence-corrected chi connectivity index (χ0v) is 10.5. The van der Waals surface area contributed by atoms with Crippen LogP contribution in [0.25, 0.3) is 0 Å². The number of aryl methyl sites for hydroxylation is 1. The molecule has 2 aliphatic rings. The number of anilines is 1. The van der Waals surface area contributed by atoms with Crippen LogP contribution in [0.15, 0.2) is 0 Å². The molecule has 1 aliphatic carbocycles. The predicted octanol–water partition coefficient (Wildman–Crippen LogP) is 2.64. The fourth-order valence-corrected chi connectivity index (χ4v) is 4.03. The molecule has 1 saturated heterocycles. The molecule has 4 heteroatoms. The first kappa shape index (κ1) is 10.3. The summed E-state index contributed by atoms with van der Waals surface area (Å²) in [5, 5.41) is 1.06. The van der Waals surface area contributed by atoms with Gasteiger partial charge in [-0.25, -0.2) is 4.98 Å². The fraction of sp³-hybridized carbons (Fsp3) is 0.667. The maximum absolute atomic E-state index is 11.4. The molecule has 16 heavy (non-hydrogen) atoms. The van der Waals surface area contributed by atoms with Crippen molar-refractivity contribution in [2.45, 2.75) is 39.2 Å². The molecule has 1 aromatic rings. The molecule has 2 bridgehead atoms. The van der Waals surface area contributed by atoms with Crippen molar-refractivity contribution in [2.24, 2.45) is 5.92 Å². The molecule has 2 heterocycles. The second-order valence-electron chi connectivity index (χ2n) is 4.95. The van der Waals surface area contributed by atoms with Crippen LogP contribution in [-0.2, 0) is 0 Å². The Balaban J connectivity index is 1.90. The zero-order valence-electron chi connectivity index (χ0n) is 9.69. The smallest absolute Gasteiger partial charge is 0.186 e. The second kappa shape index (κ2) is 3.55. The zero-order chi connectivity index (χ0) is 11.3. The number of rotatable bonds is 2. The molecule has 0 N–H and O–H groups in total. The number of fused-ring (bicyclic) bond motifs is 2. The number of hydrogen-bond acceptors (Lipinski definition) is 4. The van der Waals surface area contributed by atoms with Crippen molar-refractivity contribution >= 4 is 22.3 Å². The number of carbonyl (C=O) groups excluding carboxylic acids is 1. The van der Waals surface area contributed by atoms with Crippen molar-refractivity contribution in [2.75, 3.05) is 11.4 Å². The van der Waals surface area contributed by atoms with Crippen LogP contribution >= 0.6 is 11.3 Å². The van der Waals surface area contributed by atoms with Crippen LogP contribution in [0.1, 0.15) is 41.6 Å². The van der Waals surface area contributed by atoms with E-state index in [0.29, 0.717) is 6.04 Å². The van der Waals surface area contributed by atoms with Gasteiger partial charge in [0.25, 0.3) is 0 Å². The van der Waals surface area contributed by atoms with E-state index in [4.69, 9.17) is 0 Å². The van der Waals surface area contributed by atoms with Gasteiger partial charge in [0.15, 0.2) is 10.9 Å². The Bertz CT molecular complexity index is 440. The minimum Gasteiger partial charge on any atom is -0.345 e. The molecule has 0 aromatic carbocycles. The predicted molar refractivity (Wildman–Crippen MR) is 65.3 cm³/mol. The molecule has 0 spiro atoms. The third-order valence-corrected chi connectivity index (χ3v) is 5.06. The minimum atomic E-state index is 0.144. The summed E-state index contributed by atoms with van der Waals surface area (Å²) in [6.07, 6.45) is 4.01. The lowest BCUT2D eigenvalue weighted by Gasteiger charge is -2.26. The minimum absolute atomic E-state index is 0.144. The van der Waals surface area contributed by atoms with Crippen molar-refractivity contribution in [3.05, 3.63) is 10.6 Å². The summed E-state index contributed by atoms with van der Waals surface area (Å²) in [5.41, 5.74) is 0.898. The molecule has 3 nitrogen and oxygen atoms in total. The second-order valence-corrected chi connectivity index (χ2v) is 5.93. The summed E-state index contributed by atoms with van der Waals surface area (Å²) in [7, 11) is 0. The van der Waals surface area contributed by atoms with Gasteiger partial charge in [-0.3, -0.25) is 4.79 Å². The summed E-state index contributed by atoms with van der Waals surface area (Å²) < 4.78 is 0. The van der Waals surface area contributed by atoms with Crippen molar-refractivity contribution < 1.29 is 4.79 Å². The van der Waals surface area contributed by atoms with E-state index in [1.165, 1.54) is 19.3 Å². The number of hydrogen-bond donors (Lipinski definition) is 0. The summed E-state index contributed by atoms with van der Waals surface area (Å²) >= 11 is 1.57. The lowest BCUT2D eigenvalue weighted by atomic mass is 10.1. The number of nitrogens with zero attached hydrogens (tertiary/aromatic N) is 2. The van der Waals surface area contributed by atoms with Gasteiger partial charge >= 0.3 is 0 Å². The number of ketones is 1. The van der Waals surface area contributed by atoms with Gasteiger partial charge in [0, 0.05) is 19.5 Å². The van der Waals surface area contributed by atoms with Gasteiger partial charge in [-0.2, -0.15) is 0 Å². The fourth-order valence-electron chi connectivity index (χ4n) is 2.99. The first-order chi connectivity index (χ1) is 7.65. The van der Waals surface area contributed by atoms with Crippen LogP contribution < -0.4 is 4.90 Å². The van der Waals surface area contributed by atoms with Crippen molar-refractivity contribution in [1.82, 2.24) is 4.98 Å². The number of piperidine rings is 1. The van der Waals surface area contributed by atoms with Crippen LogP contribution in [0.2, 0.25) is 0 Å². The Morgan fingerprint density at radius 2 is 2.31 bits per heavy atom. The molecule has 2 unspecified atom stereocenters. The first-order valence-corrected chi connectivity index (χ1v) is 6.72. The Hall–Kier alpha value is -0.900. The van der Waals surface area contributed by atoms with Crippen LogP contribution in [0.5, 0.6) is 0 Å². The van der Waals surface area contributed by atoms with Gasteiger partial charge in [0.2, 0.25) is 0 Å². The van der Waals surface area contributed by atoms with E-state index in [1.807, 2.05) is 6.92 Å². The van der Waals surface area contributed by atoms with Gasteiger partial charge in [0.1, 0.15) is 0 Å². The highest BCUT2D eigenvalue weighted by Gasteiger charge is 2.39. The number of Topliss-reactive ketones (excluding diaryl/α,β-unsaturated/α-hetero) is 1. The van der Waals surface area contributed by atoms with Gasteiger partial charge in [0.05, 0.1) is 10.6 Å². The average molecular weight is 236 g/mol. The van der Waals surface area contributed by atoms with Gasteiger partial charge < -0.3 is 4.90 Å². The molecule has 0 radical (unpaired) electrons. The Labute approximate surface area is 99.5 Å². The van der Waals surface area contributed by atoms with E-state index in [-0.39, 0.29) is 5.78 Å². The van der Waals surface area contributed by atoms with Crippen LogP contribution in [0.4, 0.5) is 5.13 Å². The Morgan fingerprint density at radius 3 is 2.81 bits per heavy atom. The normalized spacial score (nSPS) is 27.8. The molecule has 2 fully saturated rings. The van der Waals surface area contributed by atoms with Crippen molar-refractivity contribution in [1.29, 1.82) is 0 Å². The Kier molecular flexibility index (Phi) is 2.28. The van der Waals surface area contributed by atoms with Gasteiger partial charge in [-0.05, 0) is 32.1 Å². The molecule has 86 valence electrons. The van der Waals surface area contributed by atoms with Gasteiger partial charge in [-0.1, -0.05) is 11.3 Å². The third-order valence-electron chi connectivity index (χ3n) is 3.76. The molecule has 1 saturated carbocycles. The maximum Gasteiger partial charge on any atom is 0.186 e. The average Bonchev–Trinajstić information content (AvgIpc) is 2.89. The standard InChI is InChI=1S/C12H16N2OS/c1-7-11(8(2)15)16-12(13-7)14-6-9-3-4-10(14)5-9/h9-10H,3-6H2,1-2H3. The van der Waals surface area contributed by atoms with Gasteiger partial charge in [-0.15, -0.1) is 0 Å². The number of carbonyl (C=O) groups is 1. The molecule has 2 atom stereocenters. The molecule has 0 amide bonds. The van der Waals surface area contributed by atoms with E-state index >= 15 is 0 Å². The molecule has 1 aromatic heterocycles. The van der Waals surface area contributed by atoms with Crippen molar-refractivity contribution in [3.8, 4) is 0 Å².